The van der Waals surface area contributed by atoms with Gasteiger partial charge in [-0.2, -0.15) is 9.97 Å². The zero-order valence-corrected chi connectivity index (χ0v) is 26.0. The van der Waals surface area contributed by atoms with E-state index in [-0.39, 0.29) is 18.5 Å². The van der Waals surface area contributed by atoms with Crippen LogP contribution >= 0.6 is 0 Å². The number of carbonyl (C=O) groups excluding carboxylic acids is 1. The van der Waals surface area contributed by atoms with E-state index in [1.54, 1.807) is 4.90 Å². The number of ether oxygens (including phenoxy) is 1. The number of nitrogens with zero attached hydrogens (tertiary/aromatic N) is 7. The number of carbonyl (C=O) groups is 1. The minimum Gasteiger partial charge on any atom is -0.462 e. The molecule has 2 aliphatic heterocycles. The Hall–Kier alpha value is -4.16. The van der Waals surface area contributed by atoms with Crippen molar-refractivity contribution >= 4 is 28.2 Å². The summed E-state index contributed by atoms with van der Waals surface area (Å²) in [5.74, 6) is 1.56. The van der Waals surface area contributed by atoms with E-state index in [0.717, 1.165) is 49.0 Å². The lowest BCUT2D eigenvalue weighted by atomic mass is 9.85. The van der Waals surface area contributed by atoms with Crippen molar-refractivity contribution < 1.29 is 9.53 Å². The number of fused-ring (bicyclic) bond motifs is 2. The van der Waals surface area contributed by atoms with E-state index in [0.29, 0.717) is 38.8 Å². The molecule has 3 heterocycles. The third-order valence-corrected chi connectivity index (χ3v) is 9.50. The summed E-state index contributed by atoms with van der Waals surface area (Å²) in [6, 6.07) is 13.2. The Balaban J connectivity index is 1.28. The average molecular weight is 594 g/mol. The van der Waals surface area contributed by atoms with Gasteiger partial charge in [-0.05, 0) is 62.2 Å². The third-order valence-electron chi connectivity index (χ3n) is 9.50. The normalized spacial score (nSPS) is 18.6. The molecule has 1 atom stereocenters. The van der Waals surface area contributed by atoms with Gasteiger partial charge in [0.1, 0.15) is 18.5 Å². The van der Waals surface area contributed by atoms with Gasteiger partial charge in [-0.25, -0.2) is 6.57 Å². The Bertz CT molecular complexity index is 1560. The van der Waals surface area contributed by atoms with E-state index < -0.39 is 0 Å². The average Bonchev–Trinajstić information content (AvgIpc) is 3.02. The first-order chi connectivity index (χ1) is 21.4. The summed E-state index contributed by atoms with van der Waals surface area (Å²) in [7, 11) is 2.16. The van der Waals surface area contributed by atoms with Crippen LogP contribution in [0.5, 0.6) is 6.01 Å². The number of likely N-dealkylation sites (N-methyl/N-ethyl adjacent to an activating group) is 1. The van der Waals surface area contributed by atoms with Crippen molar-refractivity contribution in [2.24, 2.45) is 5.92 Å². The molecule has 9 nitrogen and oxygen atoms in total. The predicted molar refractivity (Wildman–Crippen MR) is 175 cm³/mol. The number of hydrogen-bond donors (Lipinski definition) is 0. The number of anilines is 2. The highest BCUT2D eigenvalue weighted by Crippen LogP contribution is 2.36. The van der Waals surface area contributed by atoms with Gasteiger partial charge in [0.2, 0.25) is 12.5 Å². The minimum atomic E-state index is -0.222. The van der Waals surface area contributed by atoms with Crippen LogP contribution in [0, 0.1) is 19.4 Å². The number of amides is 1. The fraction of sp³-hybridized carbons (Fsp3) is 0.486. The maximum absolute atomic E-state index is 12.6. The number of benzene rings is 2. The number of aromatic nitrogens is 2. The SMILES string of the molecule is [C-]#[N+]C[C@H]1CN(c2nc(OCCN(C)CC3CCC3)nc3c2CCN(c2cccc4cccc(C)c24)C3)CCN1C(=O)C=C. The van der Waals surface area contributed by atoms with Crippen LogP contribution < -0.4 is 14.5 Å². The number of piperazine rings is 1. The molecule has 1 amide bonds. The second-order valence-corrected chi connectivity index (χ2v) is 12.5. The van der Waals surface area contributed by atoms with E-state index in [2.05, 4.69) is 76.5 Å². The summed E-state index contributed by atoms with van der Waals surface area (Å²) in [6.07, 6.45) is 6.15. The van der Waals surface area contributed by atoms with Crippen LogP contribution in [0.2, 0.25) is 0 Å². The van der Waals surface area contributed by atoms with Gasteiger partial charge in [-0.1, -0.05) is 43.3 Å². The molecular formula is C35H43N7O2. The van der Waals surface area contributed by atoms with Gasteiger partial charge < -0.3 is 29.2 Å². The van der Waals surface area contributed by atoms with Crippen molar-refractivity contribution in [1.29, 1.82) is 0 Å². The zero-order valence-electron chi connectivity index (χ0n) is 26.0. The summed E-state index contributed by atoms with van der Waals surface area (Å²) in [5.41, 5.74) is 4.61. The smallest absolute Gasteiger partial charge is 0.318 e. The van der Waals surface area contributed by atoms with Crippen LogP contribution in [0.15, 0.2) is 49.1 Å². The molecule has 1 aliphatic carbocycles. The molecule has 2 aromatic carbocycles. The monoisotopic (exact) mass is 593 g/mol. The molecule has 9 heteroatoms. The van der Waals surface area contributed by atoms with Crippen molar-refractivity contribution in [1.82, 2.24) is 19.8 Å². The first-order valence-electron chi connectivity index (χ1n) is 15.9. The largest absolute Gasteiger partial charge is 0.462 e. The molecular weight excluding hydrogens is 550 g/mol. The van der Waals surface area contributed by atoms with Crippen molar-refractivity contribution in [3.8, 4) is 6.01 Å². The molecule has 0 N–H and O–H groups in total. The van der Waals surface area contributed by atoms with E-state index in [4.69, 9.17) is 21.3 Å². The predicted octanol–water partition coefficient (Wildman–Crippen LogP) is 4.73. The molecule has 2 fully saturated rings. The van der Waals surface area contributed by atoms with Crippen LogP contribution in [-0.2, 0) is 17.8 Å². The fourth-order valence-electron chi connectivity index (χ4n) is 6.91. The molecule has 1 saturated carbocycles. The third kappa shape index (κ3) is 6.22. The molecule has 6 rings (SSSR count). The molecule has 1 aromatic heterocycles. The molecule has 3 aromatic rings. The van der Waals surface area contributed by atoms with Crippen molar-refractivity contribution in [3.63, 3.8) is 0 Å². The Morgan fingerprint density at radius 3 is 2.73 bits per heavy atom. The minimum absolute atomic E-state index is 0.126. The second kappa shape index (κ2) is 13.2. The topological polar surface area (TPSA) is 69.4 Å². The van der Waals surface area contributed by atoms with Crippen LogP contribution in [0.1, 0.15) is 36.1 Å². The lowest BCUT2D eigenvalue weighted by Gasteiger charge is -2.41. The number of hydrogen-bond acceptors (Lipinski definition) is 7. The summed E-state index contributed by atoms with van der Waals surface area (Å²) in [5, 5.41) is 2.52. The number of rotatable bonds is 10. The van der Waals surface area contributed by atoms with Crippen molar-refractivity contribution in [3.05, 3.63) is 77.3 Å². The van der Waals surface area contributed by atoms with Crippen LogP contribution in [-0.4, -0.2) is 91.2 Å². The molecule has 0 unspecified atom stereocenters. The highest BCUT2D eigenvalue weighted by Gasteiger charge is 2.35. The van der Waals surface area contributed by atoms with Crippen molar-refractivity contribution in [2.45, 2.75) is 45.2 Å². The van der Waals surface area contributed by atoms with Crippen LogP contribution in [0.4, 0.5) is 11.5 Å². The standard InChI is InChI=1S/C35H43N7O2/c1-5-32(43)42-18-17-41(23-28(42)21-36-3)34-29-15-16-40(31-14-8-13-27-12-6-9-25(2)33(27)31)24-30(29)37-35(38-34)44-20-19-39(4)22-26-10-7-11-26/h5-6,8-9,12-14,26,28H,1,7,10-11,15-24H2,2,4H3/t28-/m0/s1. The van der Waals surface area contributed by atoms with E-state index in [1.807, 2.05) is 0 Å². The molecule has 0 bridgehead atoms. The molecule has 1 saturated heterocycles. The molecule has 230 valence electrons. The van der Waals surface area contributed by atoms with Gasteiger partial charge in [0.15, 0.2) is 0 Å². The molecule has 0 radical (unpaired) electrons. The van der Waals surface area contributed by atoms with Gasteiger partial charge in [0.25, 0.3) is 0 Å². The Morgan fingerprint density at radius 2 is 1.98 bits per heavy atom. The first kappa shape index (κ1) is 29.9. The van der Waals surface area contributed by atoms with Gasteiger partial charge >= 0.3 is 6.01 Å². The van der Waals surface area contributed by atoms with Crippen LogP contribution in [0.3, 0.4) is 0 Å². The number of aryl methyl sites for hydroxylation is 1. The molecule has 0 spiro atoms. The van der Waals surface area contributed by atoms with Gasteiger partial charge in [0.05, 0.1) is 12.2 Å². The zero-order chi connectivity index (χ0) is 30.6. The van der Waals surface area contributed by atoms with E-state index in [1.165, 1.54) is 47.4 Å². The quantitative estimate of drug-likeness (QED) is 0.249. The highest BCUT2D eigenvalue weighted by molar-refractivity contribution is 5.97. The summed E-state index contributed by atoms with van der Waals surface area (Å²) in [4.78, 5) is 35.0. The fourth-order valence-corrected chi connectivity index (χ4v) is 6.91. The molecule has 44 heavy (non-hydrogen) atoms. The van der Waals surface area contributed by atoms with Crippen molar-refractivity contribution in [2.75, 3.05) is 69.3 Å². The summed E-state index contributed by atoms with van der Waals surface area (Å²) >= 11 is 0. The maximum Gasteiger partial charge on any atom is 0.318 e. The summed E-state index contributed by atoms with van der Waals surface area (Å²) in [6.45, 7) is 19.3. The lowest BCUT2D eigenvalue weighted by Crippen LogP contribution is -2.56. The Labute approximate surface area is 260 Å². The Morgan fingerprint density at radius 1 is 1.16 bits per heavy atom. The summed E-state index contributed by atoms with van der Waals surface area (Å²) < 4.78 is 6.25. The Kier molecular flexibility index (Phi) is 8.99. The maximum atomic E-state index is 12.6. The van der Waals surface area contributed by atoms with E-state index in [9.17, 15) is 4.79 Å². The van der Waals surface area contributed by atoms with Gasteiger partial charge in [-0.3, -0.25) is 4.79 Å². The second-order valence-electron chi connectivity index (χ2n) is 12.5. The molecule has 3 aliphatic rings. The van der Waals surface area contributed by atoms with Gasteiger partial charge in [0, 0.05) is 55.9 Å². The van der Waals surface area contributed by atoms with Gasteiger partial charge in [-0.15, -0.1) is 0 Å². The van der Waals surface area contributed by atoms with Crippen LogP contribution in [0.25, 0.3) is 15.6 Å². The lowest BCUT2D eigenvalue weighted by molar-refractivity contribution is -0.128. The highest BCUT2D eigenvalue weighted by atomic mass is 16.5. The van der Waals surface area contributed by atoms with E-state index >= 15 is 0 Å². The first-order valence-corrected chi connectivity index (χ1v) is 15.9.